The predicted octanol–water partition coefficient (Wildman–Crippen LogP) is 2.42. The number of aromatic nitrogens is 1. The largest absolute Gasteiger partial charge is 0.465 e. The Kier molecular flexibility index (Phi) is 3.18. The number of pyridine rings is 1. The van der Waals surface area contributed by atoms with Crippen molar-refractivity contribution < 1.29 is 9.90 Å². The first kappa shape index (κ1) is 12.7. The number of rotatable bonds is 1. The second-order valence-corrected chi connectivity index (χ2v) is 5.13. The molecule has 1 atom stereocenters. The molecule has 1 aliphatic rings. The number of amides is 1. The summed E-state index contributed by atoms with van der Waals surface area (Å²) in [5.41, 5.74) is 0.970. The van der Waals surface area contributed by atoms with Crippen molar-refractivity contribution in [2.45, 2.75) is 13.0 Å². The lowest BCUT2D eigenvalue weighted by Gasteiger charge is -2.39. The van der Waals surface area contributed by atoms with Crippen molar-refractivity contribution in [2.75, 3.05) is 24.5 Å². The maximum Gasteiger partial charge on any atom is 0.407 e. The molecule has 2 aromatic rings. The van der Waals surface area contributed by atoms with Crippen molar-refractivity contribution in [1.82, 2.24) is 9.88 Å². The fraction of sp³-hybridized carbons (Fsp3) is 0.333. The molecule has 0 aliphatic carbocycles. The molecule has 5 heteroatoms. The van der Waals surface area contributed by atoms with E-state index in [0.29, 0.717) is 19.6 Å². The average Bonchev–Trinajstić information content (AvgIpc) is 2.46. The number of carboxylic acid groups (broad SMARTS) is 1. The van der Waals surface area contributed by atoms with Gasteiger partial charge in [-0.15, -0.1) is 0 Å². The van der Waals surface area contributed by atoms with Gasteiger partial charge in [0.05, 0.1) is 5.52 Å². The molecule has 20 heavy (non-hydrogen) atoms. The molecule has 1 fully saturated rings. The minimum Gasteiger partial charge on any atom is -0.465 e. The number of benzene rings is 1. The number of hydrogen-bond acceptors (Lipinski definition) is 3. The van der Waals surface area contributed by atoms with E-state index in [1.165, 1.54) is 4.90 Å². The molecule has 1 saturated heterocycles. The third kappa shape index (κ3) is 2.27. The standard InChI is InChI=1S/C15H17N3O2/c1-11-10-17(15(19)20)8-9-18(11)14-7-6-12-4-2-3-5-13(12)16-14/h2-7,11H,8-10H2,1H3,(H,19,20). The summed E-state index contributed by atoms with van der Waals surface area (Å²) in [6.45, 7) is 3.75. The minimum absolute atomic E-state index is 0.133. The van der Waals surface area contributed by atoms with E-state index < -0.39 is 6.09 Å². The highest BCUT2D eigenvalue weighted by atomic mass is 16.4. The first-order valence-electron chi connectivity index (χ1n) is 6.75. The molecule has 1 unspecified atom stereocenters. The Morgan fingerprint density at radius 1 is 1.25 bits per heavy atom. The van der Waals surface area contributed by atoms with Crippen LogP contribution in [0, 0.1) is 0 Å². The number of fused-ring (bicyclic) bond motifs is 1. The maximum atomic E-state index is 11.0. The average molecular weight is 271 g/mol. The summed E-state index contributed by atoms with van der Waals surface area (Å²) in [6, 6.07) is 12.2. The van der Waals surface area contributed by atoms with Crippen molar-refractivity contribution in [3.05, 3.63) is 36.4 Å². The number of piperazine rings is 1. The number of para-hydroxylation sites is 1. The summed E-state index contributed by atoms with van der Waals surface area (Å²) in [7, 11) is 0. The van der Waals surface area contributed by atoms with Crippen molar-refractivity contribution in [1.29, 1.82) is 0 Å². The van der Waals surface area contributed by atoms with Gasteiger partial charge in [-0.3, -0.25) is 0 Å². The molecule has 1 aromatic heterocycles. The van der Waals surface area contributed by atoms with Gasteiger partial charge in [-0.1, -0.05) is 18.2 Å². The van der Waals surface area contributed by atoms with E-state index in [0.717, 1.165) is 16.7 Å². The van der Waals surface area contributed by atoms with Crippen molar-refractivity contribution in [2.24, 2.45) is 0 Å². The van der Waals surface area contributed by atoms with E-state index in [4.69, 9.17) is 5.11 Å². The van der Waals surface area contributed by atoms with Crippen LogP contribution in [-0.2, 0) is 0 Å². The third-order valence-electron chi connectivity index (χ3n) is 3.78. The molecule has 2 heterocycles. The van der Waals surface area contributed by atoms with Gasteiger partial charge in [-0.25, -0.2) is 9.78 Å². The summed E-state index contributed by atoms with van der Waals surface area (Å²) >= 11 is 0. The molecular formula is C15H17N3O2. The summed E-state index contributed by atoms with van der Waals surface area (Å²) < 4.78 is 0. The molecule has 104 valence electrons. The fourth-order valence-electron chi connectivity index (χ4n) is 2.69. The zero-order valence-corrected chi connectivity index (χ0v) is 11.4. The van der Waals surface area contributed by atoms with Gasteiger partial charge in [-0.05, 0) is 25.1 Å². The first-order chi connectivity index (χ1) is 9.65. The van der Waals surface area contributed by atoms with Crippen LogP contribution in [0.15, 0.2) is 36.4 Å². The molecular weight excluding hydrogens is 254 g/mol. The van der Waals surface area contributed by atoms with Crippen LogP contribution < -0.4 is 4.90 Å². The van der Waals surface area contributed by atoms with Gasteiger partial charge in [0.15, 0.2) is 0 Å². The Bertz CT molecular complexity index is 644. The fourth-order valence-corrected chi connectivity index (χ4v) is 2.69. The van der Waals surface area contributed by atoms with E-state index in [1.807, 2.05) is 37.3 Å². The van der Waals surface area contributed by atoms with E-state index >= 15 is 0 Å². The van der Waals surface area contributed by atoms with E-state index in [9.17, 15) is 4.79 Å². The molecule has 1 aliphatic heterocycles. The van der Waals surface area contributed by atoms with Crippen LogP contribution in [0.2, 0.25) is 0 Å². The van der Waals surface area contributed by atoms with Crippen LogP contribution in [0.4, 0.5) is 10.6 Å². The SMILES string of the molecule is CC1CN(C(=O)O)CCN1c1ccc2ccccc2n1. The second-order valence-electron chi connectivity index (χ2n) is 5.13. The topological polar surface area (TPSA) is 56.7 Å². The summed E-state index contributed by atoms with van der Waals surface area (Å²) in [5.74, 6) is 0.918. The quantitative estimate of drug-likeness (QED) is 0.865. The van der Waals surface area contributed by atoms with Crippen LogP contribution in [0.1, 0.15) is 6.92 Å². The van der Waals surface area contributed by atoms with Gasteiger partial charge in [0.2, 0.25) is 0 Å². The van der Waals surface area contributed by atoms with Gasteiger partial charge in [0.1, 0.15) is 5.82 Å². The highest BCUT2D eigenvalue weighted by Gasteiger charge is 2.27. The first-order valence-corrected chi connectivity index (χ1v) is 6.75. The lowest BCUT2D eigenvalue weighted by molar-refractivity contribution is 0.136. The summed E-state index contributed by atoms with van der Waals surface area (Å²) in [6.07, 6.45) is -0.844. The molecule has 1 N–H and O–H groups in total. The van der Waals surface area contributed by atoms with E-state index in [-0.39, 0.29) is 6.04 Å². The molecule has 0 saturated carbocycles. The van der Waals surface area contributed by atoms with Crippen LogP contribution >= 0.6 is 0 Å². The van der Waals surface area contributed by atoms with Crippen molar-refractivity contribution in [3.8, 4) is 0 Å². The number of carbonyl (C=O) groups is 1. The zero-order chi connectivity index (χ0) is 14.1. The second kappa shape index (κ2) is 5.00. The Hall–Kier alpha value is -2.30. The molecule has 3 rings (SSSR count). The Balaban J connectivity index is 1.86. The van der Waals surface area contributed by atoms with Gasteiger partial charge < -0.3 is 14.9 Å². The minimum atomic E-state index is -0.844. The lowest BCUT2D eigenvalue weighted by atomic mass is 10.1. The monoisotopic (exact) mass is 271 g/mol. The zero-order valence-electron chi connectivity index (χ0n) is 11.4. The van der Waals surface area contributed by atoms with Crippen LogP contribution in [0.5, 0.6) is 0 Å². The maximum absolute atomic E-state index is 11.0. The molecule has 0 bridgehead atoms. The van der Waals surface area contributed by atoms with Crippen molar-refractivity contribution in [3.63, 3.8) is 0 Å². The highest BCUT2D eigenvalue weighted by Crippen LogP contribution is 2.21. The van der Waals surface area contributed by atoms with Gasteiger partial charge >= 0.3 is 6.09 Å². The van der Waals surface area contributed by atoms with Gasteiger partial charge in [0.25, 0.3) is 0 Å². The number of nitrogens with zero attached hydrogens (tertiary/aromatic N) is 3. The summed E-state index contributed by atoms with van der Waals surface area (Å²) in [5, 5.41) is 10.2. The lowest BCUT2D eigenvalue weighted by Crippen LogP contribution is -2.53. The Morgan fingerprint density at radius 2 is 2.05 bits per heavy atom. The van der Waals surface area contributed by atoms with E-state index in [1.54, 1.807) is 0 Å². The Labute approximate surface area is 117 Å². The van der Waals surface area contributed by atoms with Crippen LogP contribution in [-0.4, -0.2) is 46.8 Å². The molecule has 1 amide bonds. The molecule has 1 aromatic carbocycles. The highest BCUT2D eigenvalue weighted by molar-refractivity contribution is 5.80. The third-order valence-corrected chi connectivity index (χ3v) is 3.78. The molecule has 5 nitrogen and oxygen atoms in total. The Morgan fingerprint density at radius 3 is 2.80 bits per heavy atom. The van der Waals surface area contributed by atoms with Gasteiger partial charge in [0, 0.05) is 31.1 Å². The predicted molar refractivity (Wildman–Crippen MR) is 78.1 cm³/mol. The molecule has 0 radical (unpaired) electrons. The van der Waals surface area contributed by atoms with Crippen molar-refractivity contribution >= 4 is 22.8 Å². The molecule has 0 spiro atoms. The number of hydrogen-bond donors (Lipinski definition) is 1. The van der Waals surface area contributed by atoms with Gasteiger partial charge in [-0.2, -0.15) is 0 Å². The number of anilines is 1. The smallest absolute Gasteiger partial charge is 0.407 e. The normalized spacial score (nSPS) is 19.4. The summed E-state index contributed by atoms with van der Waals surface area (Å²) in [4.78, 5) is 19.3. The van der Waals surface area contributed by atoms with Crippen LogP contribution in [0.25, 0.3) is 10.9 Å². The van der Waals surface area contributed by atoms with E-state index in [2.05, 4.69) is 16.0 Å². The van der Waals surface area contributed by atoms with Crippen LogP contribution in [0.3, 0.4) is 0 Å².